The van der Waals surface area contributed by atoms with Crippen LogP contribution in [-0.2, 0) is 4.79 Å². The molecule has 1 aliphatic heterocycles. The minimum atomic E-state index is 0.181. The molecule has 3 rings (SSSR count). The summed E-state index contributed by atoms with van der Waals surface area (Å²) in [6.45, 7) is 3.66. The van der Waals surface area contributed by atoms with Crippen molar-refractivity contribution in [1.82, 2.24) is 5.32 Å². The fourth-order valence-electron chi connectivity index (χ4n) is 3.50. The van der Waals surface area contributed by atoms with Crippen LogP contribution in [0.25, 0.3) is 0 Å². The van der Waals surface area contributed by atoms with E-state index in [1.54, 1.807) is 0 Å². The van der Waals surface area contributed by atoms with Gasteiger partial charge in [0.25, 0.3) is 0 Å². The molecule has 1 fully saturated rings. The Hall–Kier alpha value is -1.16. The van der Waals surface area contributed by atoms with Gasteiger partial charge in [-0.2, -0.15) is 0 Å². The minimum Gasteiger partial charge on any atom is -0.360 e. The number of amides is 1. The lowest BCUT2D eigenvalue weighted by Gasteiger charge is -2.34. The average molecular weight is 318 g/mol. The van der Waals surface area contributed by atoms with Crippen molar-refractivity contribution >= 4 is 23.4 Å². The molecule has 2 aliphatic rings. The van der Waals surface area contributed by atoms with Gasteiger partial charge in [0.1, 0.15) is 0 Å². The third-order valence-corrected chi connectivity index (χ3v) is 5.72. The molecule has 3 nitrogen and oxygen atoms in total. The Bertz CT molecular complexity index is 512. The molecule has 1 aromatic rings. The normalized spacial score (nSPS) is 22.8. The number of anilines is 1. The molecular weight excluding hydrogens is 292 g/mol. The van der Waals surface area contributed by atoms with E-state index in [-0.39, 0.29) is 5.91 Å². The first kappa shape index (κ1) is 15.7. The van der Waals surface area contributed by atoms with Crippen LogP contribution in [0.5, 0.6) is 0 Å². The van der Waals surface area contributed by atoms with E-state index in [1.165, 1.54) is 36.3 Å². The van der Waals surface area contributed by atoms with E-state index in [0.29, 0.717) is 17.8 Å². The summed E-state index contributed by atoms with van der Waals surface area (Å²) in [6.07, 6.45) is 7.45. The highest BCUT2D eigenvalue weighted by molar-refractivity contribution is 8.00. The number of nitrogens with zero attached hydrogens (tertiary/aromatic N) is 1. The summed E-state index contributed by atoms with van der Waals surface area (Å²) in [5.74, 6) is 0.181. The van der Waals surface area contributed by atoms with Crippen molar-refractivity contribution < 1.29 is 4.79 Å². The first-order chi connectivity index (χ1) is 10.7. The molecular formula is C18H26N2OS. The second kappa shape index (κ2) is 7.40. The number of para-hydroxylation sites is 1. The maximum atomic E-state index is 12.4. The zero-order valence-corrected chi connectivity index (χ0v) is 14.2. The summed E-state index contributed by atoms with van der Waals surface area (Å²) >= 11 is 1.91. The summed E-state index contributed by atoms with van der Waals surface area (Å²) in [7, 11) is 0. The fraction of sp³-hybridized carbons (Fsp3) is 0.611. The van der Waals surface area contributed by atoms with Crippen LogP contribution >= 0.6 is 11.8 Å². The van der Waals surface area contributed by atoms with Gasteiger partial charge in [-0.05, 0) is 25.0 Å². The van der Waals surface area contributed by atoms with Crippen LogP contribution in [0.15, 0.2) is 29.2 Å². The molecule has 0 spiro atoms. The summed E-state index contributed by atoms with van der Waals surface area (Å²) in [4.78, 5) is 16.0. The van der Waals surface area contributed by atoms with Crippen molar-refractivity contribution in [1.29, 1.82) is 0 Å². The van der Waals surface area contributed by atoms with Crippen molar-refractivity contribution in [2.75, 3.05) is 18.0 Å². The van der Waals surface area contributed by atoms with Crippen molar-refractivity contribution in [3.8, 4) is 0 Å². The number of fused-ring (bicyclic) bond motifs is 1. The van der Waals surface area contributed by atoms with Gasteiger partial charge in [0.2, 0.25) is 5.91 Å². The van der Waals surface area contributed by atoms with Gasteiger partial charge in [-0.25, -0.2) is 0 Å². The predicted octanol–water partition coefficient (Wildman–Crippen LogP) is 3.83. The van der Waals surface area contributed by atoms with Gasteiger partial charge in [-0.15, -0.1) is 11.8 Å². The van der Waals surface area contributed by atoms with E-state index >= 15 is 0 Å². The summed E-state index contributed by atoms with van der Waals surface area (Å²) in [5.41, 5.74) is 1.21. The van der Waals surface area contributed by atoms with Crippen LogP contribution in [-0.4, -0.2) is 30.3 Å². The predicted molar refractivity (Wildman–Crippen MR) is 93.6 cm³/mol. The van der Waals surface area contributed by atoms with Crippen LogP contribution in [0.2, 0.25) is 0 Å². The number of carbonyl (C=O) groups is 1. The third kappa shape index (κ3) is 3.97. The van der Waals surface area contributed by atoms with E-state index in [2.05, 4.69) is 41.4 Å². The van der Waals surface area contributed by atoms with Crippen LogP contribution in [0.4, 0.5) is 5.69 Å². The van der Waals surface area contributed by atoms with E-state index in [0.717, 1.165) is 19.4 Å². The van der Waals surface area contributed by atoms with E-state index in [4.69, 9.17) is 0 Å². The Morgan fingerprint density at radius 3 is 2.73 bits per heavy atom. The van der Waals surface area contributed by atoms with Gasteiger partial charge in [0.15, 0.2) is 0 Å². The van der Waals surface area contributed by atoms with Gasteiger partial charge in [-0.1, -0.05) is 44.7 Å². The number of thioether (sulfide) groups is 1. The van der Waals surface area contributed by atoms with Crippen molar-refractivity contribution in [3.63, 3.8) is 0 Å². The number of hydrogen-bond acceptors (Lipinski definition) is 3. The van der Waals surface area contributed by atoms with Crippen molar-refractivity contribution in [2.45, 2.75) is 61.6 Å². The topological polar surface area (TPSA) is 32.3 Å². The zero-order valence-electron chi connectivity index (χ0n) is 13.4. The molecule has 1 saturated carbocycles. The van der Waals surface area contributed by atoms with Crippen LogP contribution in [0.1, 0.15) is 45.4 Å². The lowest BCUT2D eigenvalue weighted by atomic mass is 10.1. The number of hydrogen-bond donors (Lipinski definition) is 1. The molecule has 22 heavy (non-hydrogen) atoms. The second-order valence-corrected chi connectivity index (χ2v) is 8.01. The maximum absolute atomic E-state index is 12.4. The van der Waals surface area contributed by atoms with Crippen LogP contribution in [0.3, 0.4) is 0 Å². The molecule has 0 radical (unpaired) electrons. The highest BCUT2D eigenvalue weighted by atomic mass is 32.2. The highest BCUT2D eigenvalue weighted by Gasteiger charge is 2.24. The summed E-state index contributed by atoms with van der Waals surface area (Å²) in [5, 5.41) is 3.79. The first-order valence-corrected chi connectivity index (χ1v) is 9.40. The van der Waals surface area contributed by atoms with Gasteiger partial charge in [0, 0.05) is 22.7 Å². The average Bonchev–Trinajstić information content (AvgIpc) is 2.75. The monoisotopic (exact) mass is 318 g/mol. The maximum Gasteiger partial charge on any atom is 0.239 e. The highest BCUT2D eigenvalue weighted by Crippen LogP contribution is 2.37. The van der Waals surface area contributed by atoms with E-state index in [1.807, 2.05) is 11.8 Å². The molecule has 1 aliphatic carbocycles. The largest absolute Gasteiger partial charge is 0.360 e. The molecule has 0 unspecified atom stereocenters. The minimum absolute atomic E-state index is 0.181. The van der Waals surface area contributed by atoms with Crippen molar-refractivity contribution in [3.05, 3.63) is 24.3 Å². The molecule has 4 heteroatoms. The lowest BCUT2D eigenvalue weighted by Crippen LogP contribution is -2.44. The summed E-state index contributed by atoms with van der Waals surface area (Å²) in [6, 6.07) is 8.82. The molecule has 1 heterocycles. The Morgan fingerprint density at radius 2 is 1.95 bits per heavy atom. The Balaban J connectivity index is 1.61. The Kier molecular flexibility index (Phi) is 5.29. The molecule has 1 N–H and O–H groups in total. The van der Waals surface area contributed by atoms with Crippen LogP contribution < -0.4 is 10.2 Å². The van der Waals surface area contributed by atoms with E-state index < -0.39 is 0 Å². The molecule has 1 amide bonds. The van der Waals surface area contributed by atoms with E-state index in [9.17, 15) is 4.79 Å². The van der Waals surface area contributed by atoms with Crippen LogP contribution in [0, 0.1) is 0 Å². The standard InChI is InChI=1S/C18H26N2OS/c1-14-12-20(16-10-6-7-11-17(16)22-14)13-18(21)19-15-8-4-2-3-5-9-15/h6-7,10-11,14-15H,2-5,8-9,12-13H2,1H3,(H,19,21)/t14-/m0/s1. The smallest absolute Gasteiger partial charge is 0.239 e. The third-order valence-electron chi connectivity index (χ3n) is 4.57. The molecule has 0 bridgehead atoms. The molecule has 1 aromatic carbocycles. The Morgan fingerprint density at radius 1 is 1.23 bits per heavy atom. The number of rotatable bonds is 3. The van der Waals surface area contributed by atoms with Crippen molar-refractivity contribution in [2.24, 2.45) is 0 Å². The quantitative estimate of drug-likeness (QED) is 0.860. The fourth-order valence-corrected chi connectivity index (χ4v) is 4.66. The zero-order chi connectivity index (χ0) is 15.4. The number of nitrogens with one attached hydrogen (secondary N) is 1. The van der Waals surface area contributed by atoms with Gasteiger partial charge in [0.05, 0.1) is 12.2 Å². The SMILES string of the molecule is C[C@H]1CN(CC(=O)NC2CCCCCC2)c2ccccc2S1. The van der Waals surface area contributed by atoms with Gasteiger partial charge < -0.3 is 10.2 Å². The first-order valence-electron chi connectivity index (χ1n) is 8.52. The second-order valence-electron chi connectivity index (χ2n) is 6.53. The number of carbonyl (C=O) groups excluding carboxylic acids is 1. The molecule has 0 aromatic heterocycles. The molecule has 0 saturated heterocycles. The Labute approximate surface area is 137 Å². The molecule has 120 valence electrons. The number of benzene rings is 1. The lowest BCUT2D eigenvalue weighted by molar-refractivity contribution is -0.120. The van der Waals surface area contributed by atoms with Gasteiger partial charge >= 0.3 is 0 Å². The summed E-state index contributed by atoms with van der Waals surface area (Å²) < 4.78 is 0. The molecule has 1 atom stereocenters. The van der Waals surface area contributed by atoms with Gasteiger partial charge in [-0.3, -0.25) is 4.79 Å².